The van der Waals surface area contributed by atoms with Crippen LogP contribution in [0.5, 0.6) is 0 Å². The standard InChI is InChI=1S/C86H104N2O5/c1-4-5-7-18-56-19-10-11-22-58(56)45-55-33-40-82(48-55)41-35-70-69(82)36-42-84-72(78(92)93)31-27-61(53-89)63(57-20-8-6-9-21-57)26-15-43-87-76-32-28-60(52-88-76)59-23-14-17-54(44-59)46-67-65-25-13-12-24-64(65)66-30-29-62-47-74(90)80(2)37-16-38-83-49-68(67)77(66)86(62,79(80)83)71-34-39-81(84,3)85(70,51-75(84)91)73(71)50-83/h10-14,16-17,19,22-25,28-30,32,36,38,42,44,49,53,55,57,62-63,69-70,72,74-75,77,79,87-91H,4-9,15,18,20-21,26-27,31,33-35,37,39-41,43,45-48,50-52H2,1-3H3,(H,92,93). The van der Waals surface area contributed by atoms with E-state index in [-0.39, 0.29) is 51.8 Å². The van der Waals surface area contributed by atoms with Crippen LogP contribution in [0.25, 0.3) is 16.7 Å². The number of hydrogen-bond acceptors (Lipinski definition) is 6. The lowest BCUT2D eigenvalue weighted by Gasteiger charge is -2.76. The second-order valence-corrected chi connectivity index (χ2v) is 33.6. The van der Waals surface area contributed by atoms with Gasteiger partial charge in [-0.05, 0) is 254 Å². The minimum atomic E-state index is -1.06. The number of carboxylic acid groups (broad SMARTS) is 1. The molecule has 5 saturated carbocycles. The molecule has 0 saturated heterocycles. The van der Waals surface area contributed by atoms with Gasteiger partial charge in [0.15, 0.2) is 0 Å². The van der Waals surface area contributed by atoms with E-state index in [1.54, 1.807) is 16.7 Å². The maximum Gasteiger partial charge on any atom is 0.307 e. The van der Waals surface area contributed by atoms with Gasteiger partial charge in [0, 0.05) is 46.1 Å². The molecule has 0 amide bonds. The maximum absolute atomic E-state index is 15.2. The number of aliphatic carboxylic acids is 1. The van der Waals surface area contributed by atoms with Crippen molar-refractivity contribution in [2.45, 2.75) is 200 Å². The van der Waals surface area contributed by atoms with E-state index in [2.05, 4.69) is 159 Å². The van der Waals surface area contributed by atoms with Crippen LogP contribution in [0.1, 0.15) is 191 Å². The number of dihydropyridines is 1. The Morgan fingerprint density at radius 1 is 0.785 bits per heavy atom. The van der Waals surface area contributed by atoms with Crippen LogP contribution in [0.4, 0.5) is 0 Å². The molecule has 14 bridgehead atoms. The molecule has 6 N–H and O–H groups in total. The summed E-state index contributed by atoms with van der Waals surface area (Å²) in [6, 6.07) is 28.1. The average molecular weight is 1250 g/mol. The van der Waals surface area contributed by atoms with E-state index in [1.165, 1.54) is 120 Å². The van der Waals surface area contributed by atoms with E-state index < -0.39 is 45.8 Å². The number of aryl methyl sites for hydroxylation is 1. The smallest absolute Gasteiger partial charge is 0.307 e. The number of carboxylic acids is 1. The Hall–Kier alpha value is -5.89. The number of allylic oxidation sites excluding steroid dienone is 12. The van der Waals surface area contributed by atoms with Gasteiger partial charge in [0.2, 0.25) is 0 Å². The van der Waals surface area contributed by atoms with E-state index >= 15 is 4.79 Å². The van der Waals surface area contributed by atoms with Crippen LogP contribution in [-0.2, 0) is 24.1 Å². The number of aliphatic hydroxyl groups is 3. The number of nitrogens with one attached hydrogen (secondary N) is 2. The molecule has 21 rings (SSSR count). The van der Waals surface area contributed by atoms with Crippen LogP contribution in [0.15, 0.2) is 162 Å². The largest absolute Gasteiger partial charge is 0.516 e. The molecule has 6 heterocycles. The van der Waals surface area contributed by atoms with Crippen molar-refractivity contribution >= 4 is 22.7 Å². The number of rotatable bonds is 8. The van der Waals surface area contributed by atoms with Crippen LogP contribution >= 0.6 is 0 Å². The van der Waals surface area contributed by atoms with Crippen LogP contribution in [0.2, 0.25) is 0 Å². The van der Waals surface area contributed by atoms with Gasteiger partial charge < -0.3 is 31.1 Å². The number of hydrogen-bond donors (Lipinski definition) is 6. The highest BCUT2D eigenvalue weighted by Gasteiger charge is 2.82. The monoisotopic (exact) mass is 1240 g/mol. The maximum atomic E-state index is 15.2. The quantitative estimate of drug-likeness (QED) is 0.0755. The minimum Gasteiger partial charge on any atom is -0.516 e. The number of carbonyl (C=O) groups is 1. The summed E-state index contributed by atoms with van der Waals surface area (Å²) in [5, 5.41) is 61.7. The van der Waals surface area contributed by atoms with Gasteiger partial charge in [-0.1, -0.05) is 185 Å². The molecule has 17 unspecified atom stereocenters. The van der Waals surface area contributed by atoms with E-state index in [0.29, 0.717) is 31.1 Å². The molecule has 3 aromatic carbocycles. The van der Waals surface area contributed by atoms with E-state index in [1.807, 2.05) is 0 Å². The summed E-state index contributed by atoms with van der Waals surface area (Å²) in [5.74, 6) is 1.36. The second-order valence-electron chi connectivity index (χ2n) is 33.6. The fraction of sp³-hybridized carbons (Fsp3) is 0.570. The summed E-state index contributed by atoms with van der Waals surface area (Å²) >= 11 is 0. The molecule has 3 spiro atoms. The Kier molecular flexibility index (Phi) is 14.8. The molecule has 17 atom stereocenters. The molecule has 12 aliphatic carbocycles. The van der Waals surface area contributed by atoms with Gasteiger partial charge in [-0.3, -0.25) is 4.79 Å². The molecule has 6 aliphatic heterocycles. The number of benzene rings is 3. The molecule has 93 heavy (non-hydrogen) atoms. The molecule has 18 aliphatic rings. The molecule has 3 aromatic rings. The summed E-state index contributed by atoms with van der Waals surface area (Å²) in [4.78, 5) is 15.2. The van der Waals surface area contributed by atoms with Gasteiger partial charge in [0.25, 0.3) is 0 Å². The Balaban J connectivity index is 0.879. The molecule has 7 heteroatoms. The first-order valence-electron chi connectivity index (χ1n) is 37.6. The van der Waals surface area contributed by atoms with Crippen molar-refractivity contribution in [1.29, 1.82) is 0 Å². The second kappa shape index (κ2) is 22.6. The third-order valence-electron chi connectivity index (χ3n) is 30.0. The van der Waals surface area contributed by atoms with Gasteiger partial charge in [0.05, 0.1) is 30.2 Å². The van der Waals surface area contributed by atoms with Gasteiger partial charge in [-0.2, -0.15) is 0 Å². The van der Waals surface area contributed by atoms with Gasteiger partial charge in [0.1, 0.15) is 0 Å². The first kappa shape index (κ1) is 60.8. The predicted molar refractivity (Wildman–Crippen MR) is 373 cm³/mol. The zero-order valence-electron chi connectivity index (χ0n) is 56.0. The Labute approximate surface area is 554 Å². The Morgan fingerprint density at radius 2 is 1.61 bits per heavy atom. The third kappa shape index (κ3) is 8.60. The van der Waals surface area contributed by atoms with Crippen molar-refractivity contribution in [3.8, 4) is 0 Å². The lowest BCUT2D eigenvalue weighted by atomic mass is 9.27. The summed E-state index contributed by atoms with van der Waals surface area (Å²) in [6.07, 6.45) is 48.8. The van der Waals surface area contributed by atoms with Crippen molar-refractivity contribution in [3.05, 3.63) is 195 Å². The van der Waals surface area contributed by atoms with Gasteiger partial charge in [-0.25, -0.2) is 0 Å². The summed E-state index contributed by atoms with van der Waals surface area (Å²) in [7, 11) is 0. The SMILES string of the molecule is CCCCCc1ccccc1CC1CCC2(CCC3C2C=CC24C(O)CC35C3=C(CCC52C)C25C6C=CC7=c8ccccc8=C(Cc8cccc(c8)C8=CC=C(NCCCC(C9CCCCC9)C(=CO)CCC4C(=O)O)NC8)C(=CC4(C=CCC(C)(C(O)C6)C42)C3)C75)C1. The van der Waals surface area contributed by atoms with Crippen molar-refractivity contribution in [1.82, 2.24) is 10.6 Å². The fourth-order valence-corrected chi connectivity index (χ4v) is 26.5. The average Bonchev–Trinajstić information content (AvgIpc) is 1.62. The lowest BCUT2D eigenvalue weighted by molar-refractivity contribution is -0.184. The zero-order valence-corrected chi connectivity index (χ0v) is 56.0. The highest BCUT2D eigenvalue weighted by Crippen LogP contribution is 2.87. The predicted octanol–water partition coefficient (Wildman–Crippen LogP) is 16.2. The van der Waals surface area contributed by atoms with Gasteiger partial charge >= 0.3 is 5.97 Å². The normalized spacial score (nSPS) is 41.4. The first-order valence-corrected chi connectivity index (χ1v) is 37.6. The molecule has 7 nitrogen and oxygen atoms in total. The highest BCUT2D eigenvalue weighted by molar-refractivity contribution is 5.84. The van der Waals surface area contributed by atoms with Crippen molar-refractivity contribution < 1.29 is 25.2 Å². The third-order valence-corrected chi connectivity index (χ3v) is 30.0. The number of unbranched alkanes of at least 4 members (excludes halogenated alkanes) is 2. The van der Waals surface area contributed by atoms with E-state index in [4.69, 9.17) is 0 Å². The number of aliphatic hydroxyl groups excluding tert-OH is 3. The summed E-state index contributed by atoms with van der Waals surface area (Å²) in [5.41, 5.74) is 12.3. The molecule has 0 radical (unpaired) electrons. The minimum absolute atomic E-state index is 0.0710. The highest BCUT2D eigenvalue weighted by atomic mass is 16.4. The molecule has 488 valence electrons. The summed E-state index contributed by atoms with van der Waals surface area (Å²) in [6.45, 7) is 8.88. The molecule has 0 aromatic heterocycles. The van der Waals surface area contributed by atoms with E-state index in [0.717, 1.165) is 108 Å². The molecular formula is C86H104N2O5. The lowest BCUT2D eigenvalue weighted by Crippen LogP contribution is -2.71. The van der Waals surface area contributed by atoms with Crippen LogP contribution in [0.3, 0.4) is 0 Å². The van der Waals surface area contributed by atoms with Crippen LogP contribution in [0, 0.1) is 91.2 Å². The van der Waals surface area contributed by atoms with Gasteiger partial charge in [-0.15, -0.1) is 0 Å². The van der Waals surface area contributed by atoms with Crippen molar-refractivity contribution in [3.63, 3.8) is 0 Å². The molecular weight excluding hydrogens is 1140 g/mol. The Morgan fingerprint density at radius 3 is 2.43 bits per heavy atom. The first-order chi connectivity index (χ1) is 45.3. The number of fused-ring (bicyclic) bond motifs is 3. The zero-order chi connectivity index (χ0) is 63.3. The fourth-order valence-electron chi connectivity index (χ4n) is 26.5. The van der Waals surface area contributed by atoms with Crippen molar-refractivity contribution in [2.75, 3.05) is 13.1 Å². The van der Waals surface area contributed by atoms with Crippen LogP contribution < -0.4 is 21.1 Å². The van der Waals surface area contributed by atoms with E-state index in [9.17, 15) is 20.4 Å². The topological polar surface area (TPSA) is 122 Å². The van der Waals surface area contributed by atoms with Crippen molar-refractivity contribution in [2.24, 2.45) is 91.2 Å². The summed E-state index contributed by atoms with van der Waals surface area (Å²) < 4.78 is 0. The molecule has 5 fully saturated rings. The van der Waals surface area contributed by atoms with Crippen LogP contribution in [-0.4, -0.2) is 51.7 Å². The Bertz CT molecular complexity index is 3940.